The van der Waals surface area contributed by atoms with Crippen LogP contribution in [0.25, 0.3) is 22.5 Å². The molecule has 2 heterocycles. The molecule has 3 aromatic rings. The van der Waals surface area contributed by atoms with E-state index in [4.69, 9.17) is 13.6 Å². The van der Waals surface area contributed by atoms with Crippen molar-refractivity contribution in [1.82, 2.24) is 0 Å². The van der Waals surface area contributed by atoms with Gasteiger partial charge in [0.05, 0.1) is 18.8 Å². The van der Waals surface area contributed by atoms with Crippen LogP contribution in [-0.2, 0) is 9.53 Å². The van der Waals surface area contributed by atoms with E-state index in [-0.39, 0.29) is 16.9 Å². The van der Waals surface area contributed by atoms with Gasteiger partial charge in [-0.3, -0.25) is 4.79 Å². The highest BCUT2D eigenvalue weighted by molar-refractivity contribution is 5.81. The number of fused-ring (bicyclic) bond motifs is 1. The summed E-state index contributed by atoms with van der Waals surface area (Å²) in [6.45, 7) is 1.49. The number of para-hydroxylation sites is 1. The number of ether oxygens (including phenoxy) is 2. The number of carbonyl (C=O) groups excluding carboxylic acids is 1. The maximum absolute atomic E-state index is 12.7. The van der Waals surface area contributed by atoms with Crippen LogP contribution < -0.4 is 10.2 Å². The Balaban J connectivity index is 2.21. The summed E-state index contributed by atoms with van der Waals surface area (Å²) in [6, 6.07) is 10.1. The molecule has 0 saturated heterocycles. The van der Waals surface area contributed by atoms with Crippen molar-refractivity contribution in [3.63, 3.8) is 0 Å². The second-order valence-electron chi connectivity index (χ2n) is 4.85. The van der Waals surface area contributed by atoms with Gasteiger partial charge in [-0.05, 0) is 31.2 Å². The molecule has 1 unspecified atom stereocenters. The first-order chi connectivity index (χ1) is 11.1. The summed E-state index contributed by atoms with van der Waals surface area (Å²) in [5.74, 6) is -0.214. The standard InChI is InChI=1S/C17H14O6/c1-10(17(19)20-2)22-16-14(18)11-6-3-4-7-12(11)23-15(16)13-8-5-9-21-13/h3-10H,1-2H3. The van der Waals surface area contributed by atoms with Crippen LogP contribution in [0.3, 0.4) is 0 Å². The van der Waals surface area contributed by atoms with Crippen molar-refractivity contribution < 1.29 is 23.1 Å². The molecule has 1 atom stereocenters. The Morgan fingerprint density at radius 3 is 2.65 bits per heavy atom. The number of furan rings is 1. The molecule has 0 N–H and O–H groups in total. The van der Waals surface area contributed by atoms with Crippen molar-refractivity contribution in [2.45, 2.75) is 13.0 Å². The lowest BCUT2D eigenvalue weighted by atomic mass is 10.2. The summed E-state index contributed by atoms with van der Waals surface area (Å²) >= 11 is 0. The molecule has 2 aromatic heterocycles. The van der Waals surface area contributed by atoms with Crippen molar-refractivity contribution >= 4 is 16.9 Å². The van der Waals surface area contributed by atoms with Crippen LogP contribution in [0.2, 0.25) is 0 Å². The van der Waals surface area contributed by atoms with Gasteiger partial charge in [0.25, 0.3) is 0 Å². The highest BCUT2D eigenvalue weighted by atomic mass is 16.6. The SMILES string of the molecule is COC(=O)C(C)Oc1c(-c2ccco2)oc2ccccc2c1=O. The topological polar surface area (TPSA) is 78.9 Å². The van der Waals surface area contributed by atoms with Crippen LogP contribution in [0, 0.1) is 0 Å². The quantitative estimate of drug-likeness (QED) is 0.689. The van der Waals surface area contributed by atoms with Gasteiger partial charge in [0.15, 0.2) is 11.9 Å². The Morgan fingerprint density at radius 2 is 1.96 bits per heavy atom. The van der Waals surface area contributed by atoms with E-state index in [0.717, 1.165) is 0 Å². The molecule has 0 radical (unpaired) electrons. The van der Waals surface area contributed by atoms with Gasteiger partial charge in [-0.2, -0.15) is 0 Å². The number of methoxy groups -OCH3 is 1. The van der Waals surface area contributed by atoms with E-state index in [1.807, 2.05) is 0 Å². The number of benzene rings is 1. The first-order valence-electron chi connectivity index (χ1n) is 6.96. The molecular formula is C17H14O6. The summed E-state index contributed by atoms with van der Waals surface area (Å²) < 4.78 is 21.2. The molecule has 3 rings (SSSR count). The molecule has 0 aliphatic rings. The van der Waals surface area contributed by atoms with Gasteiger partial charge in [0, 0.05) is 0 Å². The fourth-order valence-electron chi connectivity index (χ4n) is 2.19. The fourth-order valence-corrected chi connectivity index (χ4v) is 2.19. The Bertz CT molecular complexity index is 891. The largest absolute Gasteiger partial charge is 0.471 e. The van der Waals surface area contributed by atoms with Crippen LogP contribution in [0.4, 0.5) is 0 Å². The van der Waals surface area contributed by atoms with Crippen LogP contribution >= 0.6 is 0 Å². The first-order valence-corrected chi connectivity index (χ1v) is 6.96. The monoisotopic (exact) mass is 314 g/mol. The van der Waals surface area contributed by atoms with Crippen molar-refractivity contribution in [1.29, 1.82) is 0 Å². The summed E-state index contributed by atoms with van der Waals surface area (Å²) in [6.07, 6.45) is 0.496. The number of rotatable bonds is 4. The van der Waals surface area contributed by atoms with Crippen molar-refractivity contribution in [2.75, 3.05) is 7.11 Å². The molecule has 0 aliphatic carbocycles. The van der Waals surface area contributed by atoms with Crippen molar-refractivity contribution in [3.05, 3.63) is 52.9 Å². The third-order valence-corrected chi connectivity index (χ3v) is 3.33. The summed E-state index contributed by atoms with van der Waals surface area (Å²) in [7, 11) is 1.25. The summed E-state index contributed by atoms with van der Waals surface area (Å²) in [5.41, 5.74) is 0.0241. The third kappa shape index (κ3) is 2.70. The second-order valence-corrected chi connectivity index (χ2v) is 4.85. The van der Waals surface area contributed by atoms with E-state index in [1.54, 1.807) is 36.4 Å². The Kier molecular flexibility index (Phi) is 3.89. The number of carbonyl (C=O) groups is 1. The van der Waals surface area contributed by atoms with Gasteiger partial charge in [0.1, 0.15) is 5.58 Å². The molecule has 1 aromatic carbocycles. The predicted octanol–water partition coefficient (Wildman–Crippen LogP) is 2.99. The number of hydrogen-bond donors (Lipinski definition) is 0. The lowest BCUT2D eigenvalue weighted by Crippen LogP contribution is -2.27. The lowest BCUT2D eigenvalue weighted by Gasteiger charge is -2.14. The summed E-state index contributed by atoms with van der Waals surface area (Å²) in [5, 5.41) is 0.356. The zero-order chi connectivity index (χ0) is 16.4. The summed E-state index contributed by atoms with van der Waals surface area (Å²) in [4.78, 5) is 24.3. The first kappa shape index (κ1) is 14.9. The molecule has 0 aliphatic heterocycles. The van der Waals surface area contributed by atoms with Gasteiger partial charge in [-0.25, -0.2) is 4.79 Å². The minimum absolute atomic E-state index is 0.0865. The molecular weight excluding hydrogens is 300 g/mol. The highest BCUT2D eigenvalue weighted by Gasteiger charge is 2.24. The Morgan fingerprint density at radius 1 is 1.17 bits per heavy atom. The Hall–Kier alpha value is -3.02. The van der Waals surface area contributed by atoms with Crippen molar-refractivity contribution in [3.8, 4) is 17.3 Å². The molecule has 118 valence electrons. The molecule has 0 amide bonds. The average Bonchev–Trinajstić information content (AvgIpc) is 3.10. The number of hydrogen-bond acceptors (Lipinski definition) is 6. The molecule has 6 heteroatoms. The van der Waals surface area contributed by atoms with Crippen LogP contribution in [0.5, 0.6) is 5.75 Å². The molecule has 0 bridgehead atoms. The van der Waals surface area contributed by atoms with Crippen LogP contribution in [0.1, 0.15) is 6.92 Å². The van der Waals surface area contributed by atoms with E-state index < -0.39 is 12.1 Å². The molecule has 0 saturated carbocycles. The molecule has 0 fully saturated rings. The lowest BCUT2D eigenvalue weighted by molar-refractivity contribution is -0.147. The second kappa shape index (κ2) is 6.00. The van der Waals surface area contributed by atoms with E-state index >= 15 is 0 Å². The van der Waals surface area contributed by atoms with Gasteiger partial charge < -0.3 is 18.3 Å². The fraction of sp³-hybridized carbons (Fsp3) is 0.176. The zero-order valence-electron chi connectivity index (χ0n) is 12.6. The molecule has 23 heavy (non-hydrogen) atoms. The number of esters is 1. The zero-order valence-corrected chi connectivity index (χ0v) is 12.6. The minimum Gasteiger partial charge on any atom is -0.471 e. The maximum atomic E-state index is 12.7. The smallest absolute Gasteiger partial charge is 0.346 e. The van der Waals surface area contributed by atoms with Gasteiger partial charge >= 0.3 is 5.97 Å². The van der Waals surface area contributed by atoms with E-state index in [2.05, 4.69) is 4.74 Å². The van der Waals surface area contributed by atoms with E-state index in [9.17, 15) is 9.59 Å². The minimum atomic E-state index is -0.960. The van der Waals surface area contributed by atoms with E-state index in [0.29, 0.717) is 16.7 Å². The highest BCUT2D eigenvalue weighted by Crippen LogP contribution is 2.31. The van der Waals surface area contributed by atoms with Crippen LogP contribution in [-0.4, -0.2) is 19.2 Å². The van der Waals surface area contributed by atoms with Gasteiger partial charge in [-0.15, -0.1) is 0 Å². The third-order valence-electron chi connectivity index (χ3n) is 3.33. The Labute approximate surface area is 131 Å². The van der Waals surface area contributed by atoms with Crippen LogP contribution in [0.15, 0.2) is 56.3 Å². The maximum Gasteiger partial charge on any atom is 0.346 e. The molecule has 6 nitrogen and oxygen atoms in total. The van der Waals surface area contributed by atoms with Gasteiger partial charge in [0.2, 0.25) is 16.9 Å². The van der Waals surface area contributed by atoms with E-state index in [1.165, 1.54) is 20.3 Å². The van der Waals surface area contributed by atoms with Gasteiger partial charge in [-0.1, -0.05) is 12.1 Å². The van der Waals surface area contributed by atoms with Crippen molar-refractivity contribution in [2.24, 2.45) is 0 Å². The average molecular weight is 314 g/mol. The normalized spacial score (nSPS) is 12.1. The predicted molar refractivity (Wildman–Crippen MR) is 82.3 cm³/mol. The molecule has 0 spiro atoms.